The molecule has 0 aliphatic carbocycles. The number of nitrogens with one attached hydrogen (secondary N) is 1. The van der Waals surface area contributed by atoms with Gasteiger partial charge in [0.05, 0.1) is 19.8 Å². The van der Waals surface area contributed by atoms with E-state index in [-0.39, 0.29) is 12.5 Å². The Balaban J connectivity index is 1.97. The predicted molar refractivity (Wildman–Crippen MR) is 95.2 cm³/mol. The van der Waals surface area contributed by atoms with Crippen molar-refractivity contribution >= 4 is 11.6 Å². The monoisotopic (exact) mass is 328 g/mol. The van der Waals surface area contributed by atoms with Gasteiger partial charge in [0, 0.05) is 24.3 Å². The van der Waals surface area contributed by atoms with Crippen molar-refractivity contribution in [3.63, 3.8) is 0 Å². The summed E-state index contributed by atoms with van der Waals surface area (Å²) in [5, 5.41) is 12.6. The zero-order valence-corrected chi connectivity index (χ0v) is 14.1. The molecule has 1 amide bonds. The van der Waals surface area contributed by atoms with Crippen molar-refractivity contribution in [1.29, 1.82) is 0 Å². The number of benzene rings is 2. The van der Waals surface area contributed by atoms with E-state index < -0.39 is 6.10 Å². The Labute approximate surface area is 142 Å². The van der Waals surface area contributed by atoms with E-state index in [1.165, 1.54) is 0 Å². The molecule has 2 N–H and O–H groups in total. The summed E-state index contributed by atoms with van der Waals surface area (Å²) in [6.45, 7) is 2.69. The Hall–Kier alpha value is -2.53. The van der Waals surface area contributed by atoms with Crippen molar-refractivity contribution in [2.45, 2.75) is 19.6 Å². The highest BCUT2D eigenvalue weighted by molar-refractivity contribution is 5.81. The lowest BCUT2D eigenvalue weighted by molar-refractivity contribution is -0.120. The smallest absolute Gasteiger partial charge is 0.239 e. The molecule has 128 valence electrons. The Morgan fingerprint density at radius 1 is 1.17 bits per heavy atom. The molecule has 0 saturated heterocycles. The molecule has 0 fully saturated rings. The van der Waals surface area contributed by atoms with E-state index >= 15 is 0 Å². The number of hydrogen-bond acceptors (Lipinski definition) is 4. The van der Waals surface area contributed by atoms with Gasteiger partial charge in [-0.25, -0.2) is 0 Å². The second-order valence-corrected chi connectivity index (χ2v) is 5.65. The van der Waals surface area contributed by atoms with E-state index in [1.807, 2.05) is 59.5 Å². The van der Waals surface area contributed by atoms with Crippen LogP contribution in [0.15, 0.2) is 54.6 Å². The molecule has 0 radical (unpaired) electrons. The highest BCUT2D eigenvalue weighted by atomic mass is 16.5. The topological polar surface area (TPSA) is 61.8 Å². The van der Waals surface area contributed by atoms with Crippen LogP contribution in [-0.4, -0.2) is 37.3 Å². The summed E-state index contributed by atoms with van der Waals surface area (Å²) in [5.41, 5.74) is 1.83. The van der Waals surface area contributed by atoms with E-state index in [2.05, 4.69) is 5.32 Å². The highest BCUT2D eigenvalue weighted by Crippen LogP contribution is 2.17. The quantitative estimate of drug-likeness (QED) is 0.780. The number of nitrogens with zero attached hydrogens (tertiary/aromatic N) is 1. The number of carbonyl (C=O) groups is 1. The predicted octanol–water partition coefficient (Wildman–Crippen LogP) is 2.20. The van der Waals surface area contributed by atoms with Gasteiger partial charge in [0.1, 0.15) is 5.75 Å². The van der Waals surface area contributed by atoms with E-state index in [1.54, 1.807) is 14.0 Å². The molecule has 2 aromatic carbocycles. The van der Waals surface area contributed by atoms with Crippen molar-refractivity contribution in [2.24, 2.45) is 0 Å². The number of rotatable bonds is 8. The van der Waals surface area contributed by atoms with Crippen LogP contribution in [0.3, 0.4) is 0 Å². The van der Waals surface area contributed by atoms with Crippen LogP contribution in [0.2, 0.25) is 0 Å². The van der Waals surface area contributed by atoms with Crippen LogP contribution in [0.25, 0.3) is 0 Å². The third kappa shape index (κ3) is 5.28. The summed E-state index contributed by atoms with van der Waals surface area (Å²) in [6, 6.07) is 17.2. The second-order valence-electron chi connectivity index (χ2n) is 5.65. The molecule has 24 heavy (non-hydrogen) atoms. The number of ether oxygens (including phenoxy) is 1. The standard InChI is InChI=1S/C19H24N2O3/c1-15(22)13-21(17-9-4-3-5-10-17)14-19(23)20-12-16-8-6-7-11-18(16)24-2/h3-11,15,22H,12-14H2,1-2H3,(H,20,23)/t15-/m1/s1. The number of amides is 1. The van der Waals surface area contributed by atoms with Crippen molar-refractivity contribution < 1.29 is 14.6 Å². The van der Waals surface area contributed by atoms with Crippen LogP contribution in [0.1, 0.15) is 12.5 Å². The largest absolute Gasteiger partial charge is 0.496 e. The van der Waals surface area contributed by atoms with Gasteiger partial charge in [-0.05, 0) is 25.1 Å². The van der Waals surface area contributed by atoms with Gasteiger partial charge < -0.3 is 20.1 Å². The first-order valence-corrected chi connectivity index (χ1v) is 7.97. The fourth-order valence-electron chi connectivity index (χ4n) is 2.49. The first kappa shape index (κ1) is 17.8. The fourth-order valence-corrected chi connectivity index (χ4v) is 2.49. The number of carbonyl (C=O) groups excluding carboxylic acids is 1. The molecule has 5 heteroatoms. The molecule has 0 unspecified atom stereocenters. The first-order valence-electron chi connectivity index (χ1n) is 7.97. The number of aliphatic hydroxyl groups is 1. The Morgan fingerprint density at radius 3 is 2.50 bits per heavy atom. The summed E-state index contributed by atoms with van der Waals surface area (Å²) >= 11 is 0. The molecule has 0 aliphatic rings. The lowest BCUT2D eigenvalue weighted by atomic mass is 10.2. The van der Waals surface area contributed by atoms with Crippen molar-refractivity contribution in [2.75, 3.05) is 25.1 Å². The van der Waals surface area contributed by atoms with Gasteiger partial charge in [-0.3, -0.25) is 4.79 Å². The van der Waals surface area contributed by atoms with Crippen LogP contribution in [0.4, 0.5) is 5.69 Å². The van der Waals surface area contributed by atoms with Gasteiger partial charge in [0.2, 0.25) is 5.91 Å². The Morgan fingerprint density at radius 2 is 1.83 bits per heavy atom. The lowest BCUT2D eigenvalue weighted by Crippen LogP contribution is -2.40. The van der Waals surface area contributed by atoms with E-state index in [9.17, 15) is 9.90 Å². The Bertz CT molecular complexity index is 644. The van der Waals surface area contributed by atoms with Crippen LogP contribution < -0.4 is 15.0 Å². The molecule has 0 spiro atoms. The average molecular weight is 328 g/mol. The van der Waals surface area contributed by atoms with E-state index in [0.717, 1.165) is 17.0 Å². The minimum Gasteiger partial charge on any atom is -0.496 e. The van der Waals surface area contributed by atoms with E-state index in [0.29, 0.717) is 13.1 Å². The normalized spacial score (nSPS) is 11.6. The summed E-state index contributed by atoms with van der Waals surface area (Å²) in [5.74, 6) is 0.645. The van der Waals surface area contributed by atoms with Crippen molar-refractivity contribution in [3.05, 3.63) is 60.2 Å². The van der Waals surface area contributed by atoms with Gasteiger partial charge in [0.25, 0.3) is 0 Å². The van der Waals surface area contributed by atoms with Crippen molar-refractivity contribution in [3.8, 4) is 5.75 Å². The molecule has 1 atom stereocenters. The van der Waals surface area contributed by atoms with Crippen LogP contribution in [0, 0.1) is 0 Å². The third-order valence-corrected chi connectivity index (χ3v) is 3.61. The number of hydrogen-bond donors (Lipinski definition) is 2. The van der Waals surface area contributed by atoms with Gasteiger partial charge in [0.15, 0.2) is 0 Å². The lowest BCUT2D eigenvalue weighted by Gasteiger charge is -2.25. The maximum atomic E-state index is 12.3. The molecule has 5 nitrogen and oxygen atoms in total. The molecule has 0 bridgehead atoms. The first-order chi connectivity index (χ1) is 11.6. The number of aliphatic hydroxyl groups excluding tert-OH is 1. The maximum Gasteiger partial charge on any atom is 0.239 e. The summed E-state index contributed by atoms with van der Waals surface area (Å²) in [7, 11) is 1.61. The molecule has 0 aliphatic heterocycles. The van der Waals surface area contributed by atoms with Gasteiger partial charge in [-0.1, -0.05) is 36.4 Å². The second kappa shape index (κ2) is 8.93. The summed E-state index contributed by atoms with van der Waals surface area (Å²) in [4.78, 5) is 14.2. The van der Waals surface area contributed by atoms with Crippen molar-refractivity contribution in [1.82, 2.24) is 5.32 Å². The van der Waals surface area contributed by atoms with Gasteiger partial charge in [-0.2, -0.15) is 0 Å². The SMILES string of the molecule is COc1ccccc1CNC(=O)CN(C[C@@H](C)O)c1ccccc1. The molecule has 0 heterocycles. The summed E-state index contributed by atoms with van der Waals surface area (Å²) < 4.78 is 5.29. The Kier molecular flexibility index (Phi) is 6.63. The minimum absolute atomic E-state index is 0.106. The van der Waals surface area contributed by atoms with Gasteiger partial charge >= 0.3 is 0 Å². The molecule has 2 aromatic rings. The molecule has 0 aromatic heterocycles. The van der Waals surface area contributed by atoms with Crippen LogP contribution >= 0.6 is 0 Å². The fraction of sp³-hybridized carbons (Fsp3) is 0.316. The molecular weight excluding hydrogens is 304 g/mol. The minimum atomic E-state index is -0.521. The van der Waals surface area contributed by atoms with E-state index in [4.69, 9.17) is 4.74 Å². The highest BCUT2D eigenvalue weighted by Gasteiger charge is 2.14. The third-order valence-electron chi connectivity index (χ3n) is 3.61. The number of para-hydroxylation sites is 2. The van der Waals surface area contributed by atoms with Gasteiger partial charge in [-0.15, -0.1) is 0 Å². The average Bonchev–Trinajstić information content (AvgIpc) is 2.60. The zero-order chi connectivity index (χ0) is 17.4. The van der Waals surface area contributed by atoms with Crippen LogP contribution in [-0.2, 0) is 11.3 Å². The number of anilines is 1. The molecule has 2 rings (SSSR count). The zero-order valence-electron chi connectivity index (χ0n) is 14.1. The maximum absolute atomic E-state index is 12.3. The molecule has 0 saturated carbocycles. The summed E-state index contributed by atoms with van der Waals surface area (Å²) in [6.07, 6.45) is -0.521. The number of methoxy groups -OCH3 is 1. The van der Waals surface area contributed by atoms with Crippen LogP contribution in [0.5, 0.6) is 5.75 Å². The molecular formula is C19H24N2O3.